The van der Waals surface area contributed by atoms with E-state index in [1.54, 1.807) is 11.0 Å². The van der Waals surface area contributed by atoms with Gasteiger partial charge in [0.15, 0.2) is 0 Å². The molecule has 1 atom stereocenters. The van der Waals surface area contributed by atoms with E-state index in [1.807, 2.05) is 13.0 Å². The molecule has 5 nitrogen and oxygen atoms in total. The largest absolute Gasteiger partial charge is 0.481 e. The molecule has 1 aliphatic rings. The normalized spacial score (nSPS) is 17.9. The van der Waals surface area contributed by atoms with Gasteiger partial charge in [-0.3, -0.25) is 4.79 Å². The lowest BCUT2D eigenvalue weighted by molar-refractivity contribution is -0.137. The number of halogens is 2. The second-order valence-corrected chi connectivity index (χ2v) is 6.36. The van der Waals surface area contributed by atoms with Gasteiger partial charge in [-0.15, -0.1) is 0 Å². The van der Waals surface area contributed by atoms with Gasteiger partial charge in [0, 0.05) is 22.1 Å². The van der Waals surface area contributed by atoms with Crippen molar-refractivity contribution < 1.29 is 14.7 Å². The average Bonchev–Trinajstić information content (AvgIpc) is 2.83. The summed E-state index contributed by atoms with van der Waals surface area (Å²) < 4.78 is 0.742. The number of hydrogen-bond acceptors (Lipinski definition) is 2. The number of carbonyl (C=O) groups is 2. The van der Waals surface area contributed by atoms with Gasteiger partial charge in [0.1, 0.15) is 0 Å². The number of hydrogen-bond donors (Lipinski definition) is 2. The minimum atomic E-state index is -0.890. The van der Waals surface area contributed by atoms with Crippen LogP contribution in [0.2, 0.25) is 5.02 Å². The zero-order chi connectivity index (χ0) is 15.6. The smallest absolute Gasteiger partial charge is 0.322 e. The number of anilines is 1. The number of benzene rings is 1. The number of aryl methyl sites for hydroxylation is 1. The molecule has 2 amide bonds. The molecule has 1 heterocycles. The Morgan fingerprint density at radius 1 is 1.52 bits per heavy atom. The van der Waals surface area contributed by atoms with Gasteiger partial charge in [-0.05, 0) is 53.4 Å². The van der Waals surface area contributed by atoms with Gasteiger partial charge in [0.05, 0.1) is 12.1 Å². The van der Waals surface area contributed by atoms with Crippen LogP contribution in [0.3, 0.4) is 0 Å². The first-order valence-electron chi connectivity index (χ1n) is 6.63. The lowest BCUT2D eigenvalue weighted by Gasteiger charge is -2.24. The summed E-state index contributed by atoms with van der Waals surface area (Å²) in [6.07, 6.45) is 1.51. The van der Waals surface area contributed by atoms with Crippen LogP contribution in [-0.4, -0.2) is 34.6 Å². The zero-order valence-corrected chi connectivity index (χ0v) is 13.9. The standard InChI is InChI=1S/C14H16BrClN2O3/c1-8-5-10(15)12(7-11(8)16)17-14(21)18-4-2-3-9(18)6-13(19)20/h5,7,9H,2-4,6H2,1H3,(H,17,21)(H,19,20). The van der Waals surface area contributed by atoms with E-state index < -0.39 is 5.97 Å². The Balaban J connectivity index is 2.10. The van der Waals surface area contributed by atoms with Gasteiger partial charge in [0.25, 0.3) is 0 Å². The lowest BCUT2D eigenvalue weighted by atomic mass is 10.1. The number of rotatable bonds is 3. The highest BCUT2D eigenvalue weighted by Gasteiger charge is 2.30. The Morgan fingerprint density at radius 2 is 2.24 bits per heavy atom. The van der Waals surface area contributed by atoms with Crippen molar-refractivity contribution in [2.45, 2.75) is 32.2 Å². The first-order valence-corrected chi connectivity index (χ1v) is 7.80. The summed E-state index contributed by atoms with van der Waals surface area (Å²) in [5.74, 6) is -0.890. The minimum Gasteiger partial charge on any atom is -0.481 e. The molecule has 1 aromatic rings. The second kappa shape index (κ2) is 6.66. The summed E-state index contributed by atoms with van der Waals surface area (Å²) in [7, 11) is 0. The first kappa shape index (κ1) is 16.1. The van der Waals surface area contributed by atoms with Crippen molar-refractivity contribution in [3.05, 3.63) is 27.2 Å². The molecule has 2 N–H and O–H groups in total. The van der Waals surface area contributed by atoms with E-state index in [2.05, 4.69) is 21.2 Å². The van der Waals surface area contributed by atoms with Crippen LogP contribution in [0.1, 0.15) is 24.8 Å². The molecule has 0 bridgehead atoms. The van der Waals surface area contributed by atoms with Gasteiger partial charge in [0.2, 0.25) is 0 Å². The van der Waals surface area contributed by atoms with E-state index in [9.17, 15) is 9.59 Å². The molecule has 0 saturated carbocycles. The molecular weight excluding hydrogens is 360 g/mol. The Bertz CT molecular complexity index is 580. The fourth-order valence-corrected chi connectivity index (χ4v) is 3.17. The van der Waals surface area contributed by atoms with Gasteiger partial charge >= 0.3 is 12.0 Å². The third-order valence-corrected chi connectivity index (χ3v) is 4.60. The topological polar surface area (TPSA) is 69.6 Å². The summed E-state index contributed by atoms with van der Waals surface area (Å²) in [5.41, 5.74) is 1.49. The molecule has 0 aromatic heterocycles. The van der Waals surface area contributed by atoms with Crippen molar-refractivity contribution in [3.63, 3.8) is 0 Å². The number of carboxylic acid groups (broad SMARTS) is 1. The maximum absolute atomic E-state index is 12.3. The van der Waals surface area contributed by atoms with Crippen molar-refractivity contribution in [2.75, 3.05) is 11.9 Å². The Kier molecular flexibility index (Phi) is 5.11. The number of amides is 2. The van der Waals surface area contributed by atoms with Crippen LogP contribution in [0.5, 0.6) is 0 Å². The molecule has 2 rings (SSSR count). The van der Waals surface area contributed by atoms with E-state index in [0.717, 1.165) is 22.9 Å². The van der Waals surface area contributed by atoms with Crippen LogP contribution in [0, 0.1) is 6.92 Å². The van der Waals surface area contributed by atoms with Crippen molar-refractivity contribution in [2.24, 2.45) is 0 Å². The molecular formula is C14H16BrClN2O3. The summed E-state index contributed by atoms with van der Waals surface area (Å²) >= 11 is 9.45. The van der Waals surface area contributed by atoms with E-state index >= 15 is 0 Å². The van der Waals surface area contributed by atoms with Gasteiger partial charge in [-0.2, -0.15) is 0 Å². The highest BCUT2D eigenvalue weighted by atomic mass is 79.9. The number of urea groups is 1. The van der Waals surface area contributed by atoms with Crippen molar-refractivity contribution >= 4 is 45.2 Å². The third-order valence-electron chi connectivity index (χ3n) is 3.54. The van der Waals surface area contributed by atoms with Crippen LogP contribution >= 0.6 is 27.5 Å². The van der Waals surface area contributed by atoms with E-state index in [1.165, 1.54) is 0 Å². The summed E-state index contributed by atoms with van der Waals surface area (Å²) in [4.78, 5) is 24.7. The maximum Gasteiger partial charge on any atom is 0.322 e. The Hall–Kier alpha value is -1.27. The first-order chi connectivity index (χ1) is 9.88. The number of carboxylic acids is 1. The molecule has 1 saturated heterocycles. The van der Waals surface area contributed by atoms with Crippen LogP contribution in [0.15, 0.2) is 16.6 Å². The molecule has 1 fully saturated rings. The van der Waals surface area contributed by atoms with Crippen LogP contribution in [-0.2, 0) is 4.79 Å². The monoisotopic (exact) mass is 374 g/mol. The summed E-state index contributed by atoms with van der Waals surface area (Å²) in [6.45, 7) is 2.45. The van der Waals surface area contributed by atoms with Crippen molar-refractivity contribution in [1.82, 2.24) is 4.90 Å². The number of carbonyl (C=O) groups excluding carboxylic acids is 1. The van der Waals surface area contributed by atoms with Gasteiger partial charge in [-0.1, -0.05) is 11.6 Å². The molecule has 114 valence electrons. The molecule has 1 aromatic carbocycles. The highest BCUT2D eigenvalue weighted by molar-refractivity contribution is 9.10. The molecule has 7 heteroatoms. The second-order valence-electron chi connectivity index (χ2n) is 5.10. The summed E-state index contributed by atoms with van der Waals surface area (Å²) in [5, 5.41) is 12.2. The Labute approximate surface area is 136 Å². The number of aliphatic carboxylic acids is 1. The zero-order valence-electron chi connectivity index (χ0n) is 11.5. The Morgan fingerprint density at radius 3 is 2.90 bits per heavy atom. The molecule has 1 unspecified atom stereocenters. The van der Waals surface area contributed by atoms with E-state index in [0.29, 0.717) is 17.3 Å². The third kappa shape index (κ3) is 3.89. The SMILES string of the molecule is Cc1cc(Br)c(NC(=O)N2CCCC2CC(=O)O)cc1Cl. The quantitative estimate of drug-likeness (QED) is 0.842. The molecule has 0 aliphatic carbocycles. The van der Waals surface area contributed by atoms with Crippen LogP contribution in [0.4, 0.5) is 10.5 Å². The van der Waals surface area contributed by atoms with E-state index in [-0.39, 0.29) is 18.5 Å². The highest BCUT2D eigenvalue weighted by Crippen LogP contribution is 2.30. The fourth-order valence-electron chi connectivity index (χ4n) is 2.45. The maximum atomic E-state index is 12.3. The molecule has 0 radical (unpaired) electrons. The molecule has 1 aliphatic heterocycles. The van der Waals surface area contributed by atoms with E-state index in [4.69, 9.17) is 16.7 Å². The van der Waals surface area contributed by atoms with Gasteiger partial charge in [-0.25, -0.2) is 4.79 Å². The number of likely N-dealkylation sites (tertiary alicyclic amines) is 1. The van der Waals surface area contributed by atoms with Crippen molar-refractivity contribution in [3.8, 4) is 0 Å². The van der Waals surface area contributed by atoms with Gasteiger partial charge < -0.3 is 15.3 Å². The lowest BCUT2D eigenvalue weighted by Crippen LogP contribution is -2.39. The predicted octanol–water partition coefficient (Wildman–Crippen LogP) is 3.88. The minimum absolute atomic E-state index is 0.0246. The van der Waals surface area contributed by atoms with Crippen LogP contribution in [0.25, 0.3) is 0 Å². The number of nitrogens with one attached hydrogen (secondary N) is 1. The average molecular weight is 376 g/mol. The summed E-state index contributed by atoms with van der Waals surface area (Å²) in [6, 6.07) is 2.97. The molecule has 21 heavy (non-hydrogen) atoms. The number of nitrogens with zero attached hydrogens (tertiary/aromatic N) is 1. The fraction of sp³-hybridized carbons (Fsp3) is 0.429. The van der Waals surface area contributed by atoms with Crippen LogP contribution < -0.4 is 5.32 Å². The van der Waals surface area contributed by atoms with Crippen molar-refractivity contribution in [1.29, 1.82) is 0 Å². The predicted molar refractivity (Wildman–Crippen MR) is 84.9 cm³/mol. The molecule has 0 spiro atoms.